The van der Waals surface area contributed by atoms with E-state index in [2.05, 4.69) is 4.98 Å². The van der Waals surface area contributed by atoms with E-state index in [0.717, 1.165) is 25.7 Å². The molecule has 1 unspecified atom stereocenters. The maximum absolute atomic E-state index is 12.4. The fourth-order valence-electron chi connectivity index (χ4n) is 3.51. The smallest absolute Gasteiger partial charge is 0.410 e. The molecule has 0 saturated carbocycles. The first kappa shape index (κ1) is 15.9. The summed E-state index contributed by atoms with van der Waals surface area (Å²) in [6.45, 7) is 5.65. The lowest BCUT2D eigenvalue weighted by molar-refractivity contribution is -0.00761. The van der Waals surface area contributed by atoms with Crippen molar-refractivity contribution in [2.24, 2.45) is 0 Å². The van der Waals surface area contributed by atoms with Crippen LogP contribution < -0.4 is 10.3 Å². The largest absolute Gasteiger partial charge is 0.475 e. The minimum Gasteiger partial charge on any atom is -0.475 e. The summed E-state index contributed by atoms with van der Waals surface area (Å²) in [4.78, 5) is 28.3. The Hall–Kier alpha value is -1.98. The number of carbonyl (C=O) groups excluding carboxylic acids is 1. The summed E-state index contributed by atoms with van der Waals surface area (Å²) in [6.07, 6.45) is 3.30. The summed E-state index contributed by atoms with van der Waals surface area (Å²) < 4.78 is 11.4. The molecule has 0 aliphatic carbocycles. The molecule has 2 aliphatic heterocycles. The highest BCUT2D eigenvalue weighted by molar-refractivity contribution is 5.69. The van der Waals surface area contributed by atoms with Gasteiger partial charge in [-0.2, -0.15) is 0 Å². The number of amides is 1. The minimum absolute atomic E-state index is 0.0178. The molecule has 0 aromatic carbocycles. The Morgan fingerprint density at radius 2 is 1.87 bits per heavy atom. The zero-order valence-corrected chi connectivity index (χ0v) is 13.9. The molecule has 3 atom stereocenters. The Bertz CT molecular complexity index is 620. The number of nitrogens with one attached hydrogen (secondary N) is 1. The van der Waals surface area contributed by atoms with Crippen molar-refractivity contribution in [3.05, 3.63) is 28.6 Å². The van der Waals surface area contributed by atoms with Gasteiger partial charge >= 0.3 is 6.09 Å². The summed E-state index contributed by atoms with van der Waals surface area (Å²) in [6, 6.07) is 5.21. The Kier molecular flexibility index (Phi) is 4.08. The first-order chi connectivity index (χ1) is 10.8. The van der Waals surface area contributed by atoms with E-state index in [1.165, 1.54) is 6.07 Å². The Morgan fingerprint density at radius 1 is 1.22 bits per heavy atom. The average Bonchev–Trinajstić information content (AvgIpc) is 2.69. The van der Waals surface area contributed by atoms with Crippen molar-refractivity contribution in [3.63, 3.8) is 0 Å². The molecule has 3 heterocycles. The lowest BCUT2D eigenvalue weighted by Crippen LogP contribution is -2.50. The summed E-state index contributed by atoms with van der Waals surface area (Å²) in [5, 5.41) is 0. The summed E-state index contributed by atoms with van der Waals surface area (Å²) in [5.74, 6) is 0.493. The zero-order valence-electron chi connectivity index (χ0n) is 13.9. The minimum atomic E-state index is -0.479. The second-order valence-electron chi connectivity index (χ2n) is 7.36. The van der Waals surface area contributed by atoms with Gasteiger partial charge in [0.1, 0.15) is 11.7 Å². The summed E-state index contributed by atoms with van der Waals surface area (Å²) in [7, 11) is 0. The van der Waals surface area contributed by atoms with E-state index in [9.17, 15) is 9.59 Å². The van der Waals surface area contributed by atoms with Crippen molar-refractivity contribution in [1.82, 2.24) is 9.88 Å². The number of rotatable bonds is 2. The molecule has 1 amide bonds. The highest BCUT2D eigenvalue weighted by Gasteiger charge is 2.45. The molecule has 3 rings (SSSR count). The molecule has 126 valence electrons. The second kappa shape index (κ2) is 5.91. The molecule has 1 aromatic rings. The van der Waals surface area contributed by atoms with Crippen LogP contribution in [-0.4, -0.2) is 39.8 Å². The van der Waals surface area contributed by atoms with Gasteiger partial charge in [0, 0.05) is 31.0 Å². The normalized spacial score (nSPS) is 26.9. The third-order valence-corrected chi connectivity index (χ3v) is 4.33. The second-order valence-corrected chi connectivity index (χ2v) is 7.36. The van der Waals surface area contributed by atoms with Gasteiger partial charge < -0.3 is 14.4 Å². The maximum Gasteiger partial charge on any atom is 0.410 e. The molecule has 6 nitrogen and oxygen atoms in total. The van der Waals surface area contributed by atoms with Crippen LogP contribution in [0, 0.1) is 0 Å². The van der Waals surface area contributed by atoms with Gasteiger partial charge in [-0.05, 0) is 39.7 Å². The van der Waals surface area contributed by atoms with Crippen molar-refractivity contribution in [2.75, 3.05) is 0 Å². The zero-order chi connectivity index (χ0) is 16.6. The first-order valence-corrected chi connectivity index (χ1v) is 8.19. The van der Waals surface area contributed by atoms with Gasteiger partial charge in [0.15, 0.2) is 5.88 Å². The summed E-state index contributed by atoms with van der Waals surface area (Å²) >= 11 is 0. The van der Waals surface area contributed by atoms with Crippen LogP contribution in [0.2, 0.25) is 0 Å². The maximum atomic E-state index is 12.4. The van der Waals surface area contributed by atoms with E-state index in [1.54, 1.807) is 12.1 Å². The van der Waals surface area contributed by atoms with E-state index in [4.69, 9.17) is 9.47 Å². The Labute approximate surface area is 135 Å². The van der Waals surface area contributed by atoms with E-state index in [1.807, 2.05) is 25.7 Å². The average molecular weight is 320 g/mol. The number of aromatic amines is 1. The van der Waals surface area contributed by atoms with Crippen LogP contribution in [0.25, 0.3) is 0 Å². The number of hydrogen-bond acceptors (Lipinski definition) is 4. The van der Waals surface area contributed by atoms with Crippen LogP contribution >= 0.6 is 0 Å². The van der Waals surface area contributed by atoms with Crippen LogP contribution in [0.3, 0.4) is 0 Å². The Morgan fingerprint density at radius 3 is 2.43 bits per heavy atom. The van der Waals surface area contributed by atoms with Crippen LogP contribution in [0.15, 0.2) is 23.0 Å². The SMILES string of the molecule is CC(C)(C)OC(=O)N1[C@@H]2CC[C@H]1CC(Oc1cccc(=O)[nH]1)C2. The van der Waals surface area contributed by atoms with Crippen molar-refractivity contribution >= 4 is 6.09 Å². The van der Waals surface area contributed by atoms with Crippen LogP contribution in [-0.2, 0) is 4.74 Å². The van der Waals surface area contributed by atoms with Gasteiger partial charge in [0.2, 0.25) is 0 Å². The fraction of sp³-hybridized carbons (Fsp3) is 0.647. The van der Waals surface area contributed by atoms with Gasteiger partial charge in [0.05, 0.1) is 0 Å². The molecule has 6 heteroatoms. The number of aromatic nitrogens is 1. The lowest BCUT2D eigenvalue weighted by atomic mass is 10.0. The van der Waals surface area contributed by atoms with Crippen LogP contribution in [0.4, 0.5) is 4.79 Å². The number of H-pyrrole nitrogens is 1. The van der Waals surface area contributed by atoms with Crippen molar-refractivity contribution in [1.29, 1.82) is 0 Å². The number of carbonyl (C=O) groups is 1. The molecule has 2 fully saturated rings. The molecule has 2 bridgehead atoms. The van der Waals surface area contributed by atoms with Gasteiger partial charge in [-0.1, -0.05) is 6.07 Å². The van der Waals surface area contributed by atoms with Gasteiger partial charge in [0.25, 0.3) is 5.56 Å². The monoisotopic (exact) mass is 320 g/mol. The lowest BCUT2D eigenvalue weighted by Gasteiger charge is -2.39. The van der Waals surface area contributed by atoms with E-state index in [-0.39, 0.29) is 29.8 Å². The van der Waals surface area contributed by atoms with E-state index < -0.39 is 5.60 Å². The van der Waals surface area contributed by atoms with Crippen LogP contribution in [0.1, 0.15) is 46.5 Å². The number of nitrogens with zero attached hydrogens (tertiary/aromatic N) is 1. The quantitative estimate of drug-likeness (QED) is 0.909. The predicted octanol–water partition coefficient (Wildman–Crippen LogP) is 2.68. The topological polar surface area (TPSA) is 71.6 Å². The van der Waals surface area contributed by atoms with Crippen molar-refractivity contribution < 1.29 is 14.3 Å². The van der Waals surface area contributed by atoms with Gasteiger partial charge in [-0.25, -0.2) is 4.79 Å². The molecular weight excluding hydrogens is 296 g/mol. The van der Waals surface area contributed by atoms with Gasteiger partial charge in [-0.15, -0.1) is 0 Å². The fourth-order valence-corrected chi connectivity index (χ4v) is 3.51. The number of pyridine rings is 1. The molecule has 2 aliphatic rings. The van der Waals surface area contributed by atoms with E-state index >= 15 is 0 Å². The molecule has 1 N–H and O–H groups in total. The highest BCUT2D eigenvalue weighted by atomic mass is 16.6. The molecule has 1 aromatic heterocycles. The molecular formula is C17H24N2O4. The molecule has 0 radical (unpaired) electrons. The molecule has 0 spiro atoms. The number of hydrogen-bond donors (Lipinski definition) is 1. The van der Waals surface area contributed by atoms with Crippen molar-refractivity contribution in [2.45, 2.75) is 70.2 Å². The van der Waals surface area contributed by atoms with Crippen LogP contribution in [0.5, 0.6) is 5.88 Å². The standard InChI is InChI=1S/C17H24N2O4/c1-17(2,3)23-16(21)19-11-7-8-12(19)10-13(9-11)22-15-6-4-5-14(20)18-15/h4-6,11-13H,7-10H2,1-3H3,(H,18,20)/t11-,12+,13?. The first-order valence-electron chi connectivity index (χ1n) is 8.19. The van der Waals surface area contributed by atoms with E-state index in [0.29, 0.717) is 5.88 Å². The number of piperidine rings is 1. The third-order valence-electron chi connectivity index (χ3n) is 4.33. The van der Waals surface area contributed by atoms with Crippen molar-refractivity contribution in [3.8, 4) is 5.88 Å². The molecule has 23 heavy (non-hydrogen) atoms. The Balaban J connectivity index is 1.65. The number of fused-ring (bicyclic) bond motifs is 2. The highest BCUT2D eigenvalue weighted by Crippen LogP contribution is 2.37. The molecule has 2 saturated heterocycles. The summed E-state index contributed by atoms with van der Waals surface area (Å²) in [5.41, 5.74) is -0.649. The third kappa shape index (κ3) is 3.68. The number of ether oxygens (including phenoxy) is 2. The predicted molar refractivity (Wildman–Crippen MR) is 85.6 cm³/mol. The van der Waals surface area contributed by atoms with Gasteiger partial charge in [-0.3, -0.25) is 9.78 Å².